The van der Waals surface area contributed by atoms with Crippen molar-refractivity contribution in [2.24, 2.45) is 11.8 Å². The normalized spacial score (nSPS) is 15.1. The Hall–Kier alpha value is -1.01. The minimum atomic E-state index is -0.329. The Bertz CT molecular complexity index is 559. The molecule has 5 nitrogen and oxygen atoms in total. The third-order valence-corrected chi connectivity index (χ3v) is 4.52. The number of likely N-dealkylation sites (N-methyl/N-ethyl adjacent to an activating group) is 1. The number of nitrogens with one attached hydrogen (secondary N) is 2. The molecule has 128 valence electrons. The fraction of sp³-hybridized carbons (Fsp3) is 0.467. The number of carbonyl (C=O) groups is 2. The van der Waals surface area contributed by atoms with Gasteiger partial charge in [0.25, 0.3) is 0 Å². The first-order valence-electron chi connectivity index (χ1n) is 7.09. The summed E-state index contributed by atoms with van der Waals surface area (Å²) in [6.45, 7) is 3.56. The van der Waals surface area contributed by atoms with E-state index in [0.717, 1.165) is 13.1 Å². The number of rotatable bonds is 5. The molecule has 0 saturated carbocycles. The van der Waals surface area contributed by atoms with E-state index in [4.69, 9.17) is 23.2 Å². The third-order valence-electron chi connectivity index (χ3n) is 3.89. The van der Waals surface area contributed by atoms with Crippen LogP contribution in [0.4, 0.5) is 5.69 Å². The van der Waals surface area contributed by atoms with E-state index < -0.39 is 0 Å². The SMILES string of the molecule is CC(C(=O)N(C)CC(=O)Nc1c(Cl)cccc1Cl)C1CNC1.Cl. The maximum Gasteiger partial charge on any atom is 0.244 e. The predicted octanol–water partition coefficient (Wildman–Crippen LogP) is 2.67. The Morgan fingerprint density at radius 2 is 1.91 bits per heavy atom. The average molecular weight is 381 g/mol. The molecule has 1 aliphatic rings. The number of carbonyl (C=O) groups excluding carboxylic acids is 2. The highest BCUT2D eigenvalue weighted by molar-refractivity contribution is 6.39. The fourth-order valence-corrected chi connectivity index (χ4v) is 2.80. The van der Waals surface area contributed by atoms with Crippen molar-refractivity contribution in [3.63, 3.8) is 0 Å². The van der Waals surface area contributed by atoms with Gasteiger partial charge < -0.3 is 15.5 Å². The molecule has 23 heavy (non-hydrogen) atoms. The molecule has 2 amide bonds. The highest BCUT2D eigenvalue weighted by Gasteiger charge is 2.31. The summed E-state index contributed by atoms with van der Waals surface area (Å²) in [6, 6.07) is 4.98. The molecule has 2 N–H and O–H groups in total. The predicted molar refractivity (Wildman–Crippen MR) is 95.5 cm³/mol. The molecular formula is C15H20Cl3N3O2. The van der Waals surface area contributed by atoms with Crippen LogP contribution in [0.25, 0.3) is 0 Å². The van der Waals surface area contributed by atoms with Crippen molar-refractivity contribution in [2.45, 2.75) is 6.92 Å². The number of nitrogens with zero attached hydrogens (tertiary/aromatic N) is 1. The lowest BCUT2D eigenvalue weighted by atomic mass is 9.88. The summed E-state index contributed by atoms with van der Waals surface area (Å²) in [5.74, 6) is -0.115. The zero-order valence-electron chi connectivity index (χ0n) is 12.9. The van der Waals surface area contributed by atoms with Crippen molar-refractivity contribution in [1.29, 1.82) is 0 Å². The number of anilines is 1. The lowest BCUT2D eigenvalue weighted by molar-refractivity contribution is -0.138. The second-order valence-electron chi connectivity index (χ2n) is 5.55. The highest BCUT2D eigenvalue weighted by atomic mass is 35.5. The second kappa shape index (κ2) is 8.73. The summed E-state index contributed by atoms with van der Waals surface area (Å²) >= 11 is 12.0. The molecule has 1 aliphatic heterocycles. The minimum absolute atomic E-state index is 0. The maximum atomic E-state index is 12.3. The molecule has 0 spiro atoms. The molecule has 1 unspecified atom stereocenters. The van der Waals surface area contributed by atoms with Crippen LogP contribution in [0.1, 0.15) is 6.92 Å². The van der Waals surface area contributed by atoms with E-state index in [-0.39, 0.29) is 36.7 Å². The van der Waals surface area contributed by atoms with Crippen LogP contribution in [0.2, 0.25) is 10.0 Å². The van der Waals surface area contributed by atoms with Gasteiger partial charge in [-0.25, -0.2) is 0 Å². The van der Waals surface area contributed by atoms with Crippen LogP contribution < -0.4 is 10.6 Å². The number of halogens is 3. The molecule has 1 fully saturated rings. The van der Waals surface area contributed by atoms with Crippen molar-refractivity contribution in [1.82, 2.24) is 10.2 Å². The Labute approximate surface area is 152 Å². The summed E-state index contributed by atoms with van der Waals surface area (Å²) in [5.41, 5.74) is 0.368. The van der Waals surface area contributed by atoms with Crippen molar-refractivity contribution in [3.05, 3.63) is 28.2 Å². The number of para-hydroxylation sites is 1. The number of benzene rings is 1. The van der Waals surface area contributed by atoms with Gasteiger partial charge in [-0.3, -0.25) is 9.59 Å². The van der Waals surface area contributed by atoms with Crippen LogP contribution in [0, 0.1) is 11.8 Å². The van der Waals surface area contributed by atoms with Gasteiger partial charge in [0.05, 0.1) is 22.3 Å². The van der Waals surface area contributed by atoms with Crippen LogP contribution in [-0.4, -0.2) is 43.4 Å². The van der Waals surface area contributed by atoms with Gasteiger partial charge in [-0.15, -0.1) is 12.4 Å². The monoisotopic (exact) mass is 379 g/mol. The lowest BCUT2D eigenvalue weighted by Gasteiger charge is -2.33. The highest BCUT2D eigenvalue weighted by Crippen LogP contribution is 2.29. The van der Waals surface area contributed by atoms with Crippen LogP contribution in [0.5, 0.6) is 0 Å². The Kier molecular flexibility index (Phi) is 7.61. The first-order chi connectivity index (χ1) is 10.4. The number of hydrogen-bond acceptors (Lipinski definition) is 3. The van der Waals surface area contributed by atoms with Gasteiger partial charge in [0.2, 0.25) is 11.8 Å². The molecule has 1 atom stereocenters. The molecule has 0 aliphatic carbocycles. The van der Waals surface area contributed by atoms with Gasteiger partial charge >= 0.3 is 0 Å². The van der Waals surface area contributed by atoms with Crippen molar-refractivity contribution in [3.8, 4) is 0 Å². The molecular weight excluding hydrogens is 361 g/mol. The van der Waals surface area contributed by atoms with Gasteiger partial charge in [0.15, 0.2) is 0 Å². The number of amides is 2. The molecule has 0 aromatic heterocycles. The zero-order valence-corrected chi connectivity index (χ0v) is 15.3. The summed E-state index contributed by atoms with van der Waals surface area (Å²) in [5, 5.41) is 6.52. The summed E-state index contributed by atoms with van der Waals surface area (Å²) in [4.78, 5) is 25.8. The average Bonchev–Trinajstić information content (AvgIpc) is 2.40. The van der Waals surface area contributed by atoms with Crippen LogP contribution >= 0.6 is 35.6 Å². The van der Waals surface area contributed by atoms with Gasteiger partial charge in [-0.2, -0.15) is 0 Å². The molecule has 2 rings (SSSR count). The van der Waals surface area contributed by atoms with Crippen molar-refractivity contribution in [2.75, 3.05) is 32.0 Å². The Morgan fingerprint density at radius 1 is 1.35 bits per heavy atom. The Morgan fingerprint density at radius 3 is 2.39 bits per heavy atom. The van der Waals surface area contributed by atoms with E-state index in [9.17, 15) is 9.59 Å². The topological polar surface area (TPSA) is 61.4 Å². The van der Waals surface area contributed by atoms with Gasteiger partial charge in [0, 0.05) is 13.0 Å². The molecule has 1 aromatic carbocycles. The van der Waals surface area contributed by atoms with E-state index >= 15 is 0 Å². The second-order valence-corrected chi connectivity index (χ2v) is 6.36. The van der Waals surface area contributed by atoms with E-state index in [1.807, 2.05) is 6.92 Å². The number of hydrogen-bond donors (Lipinski definition) is 2. The summed E-state index contributed by atoms with van der Waals surface area (Å²) in [6.07, 6.45) is 0. The molecule has 8 heteroatoms. The van der Waals surface area contributed by atoms with Gasteiger partial charge in [-0.05, 0) is 31.1 Å². The Balaban J connectivity index is 0.00000264. The molecule has 1 heterocycles. The first-order valence-corrected chi connectivity index (χ1v) is 7.85. The minimum Gasteiger partial charge on any atom is -0.336 e. The molecule has 0 radical (unpaired) electrons. The molecule has 1 saturated heterocycles. The van der Waals surface area contributed by atoms with Crippen LogP contribution in [-0.2, 0) is 9.59 Å². The quantitative estimate of drug-likeness (QED) is 0.825. The van der Waals surface area contributed by atoms with Gasteiger partial charge in [-0.1, -0.05) is 36.2 Å². The van der Waals surface area contributed by atoms with Crippen LogP contribution in [0.3, 0.4) is 0 Å². The van der Waals surface area contributed by atoms with Crippen molar-refractivity contribution < 1.29 is 9.59 Å². The van der Waals surface area contributed by atoms with Gasteiger partial charge in [0.1, 0.15) is 0 Å². The smallest absolute Gasteiger partial charge is 0.244 e. The third kappa shape index (κ3) is 4.98. The first kappa shape index (κ1) is 20.0. The van der Waals surface area contributed by atoms with Crippen LogP contribution in [0.15, 0.2) is 18.2 Å². The fourth-order valence-electron chi connectivity index (χ4n) is 2.30. The zero-order chi connectivity index (χ0) is 16.3. The largest absolute Gasteiger partial charge is 0.336 e. The van der Waals surface area contributed by atoms with E-state index in [1.54, 1.807) is 25.2 Å². The lowest BCUT2D eigenvalue weighted by Crippen LogP contribution is -2.50. The van der Waals surface area contributed by atoms with E-state index in [1.165, 1.54) is 4.90 Å². The van der Waals surface area contributed by atoms with Crippen molar-refractivity contribution >= 4 is 53.1 Å². The summed E-state index contributed by atoms with van der Waals surface area (Å²) < 4.78 is 0. The standard InChI is InChI=1S/C15H19Cl2N3O2.ClH/c1-9(10-6-18-7-10)15(22)20(2)8-13(21)19-14-11(16)4-3-5-12(14)17;/h3-5,9-10,18H,6-8H2,1-2H3,(H,19,21);1H. The summed E-state index contributed by atoms with van der Waals surface area (Å²) in [7, 11) is 1.62. The van der Waals surface area contributed by atoms with E-state index in [0.29, 0.717) is 21.7 Å². The maximum absolute atomic E-state index is 12.3. The van der Waals surface area contributed by atoms with E-state index in [2.05, 4.69) is 10.6 Å². The molecule has 0 bridgehead atoms. The molecule has 1 aromatic rings.